The monoisotopic (exact) mass is 425 g/mol. The van der Waals surface area contributed by atoms with Crippen LogP contribution in [0.2, 0.25) is 5.02 Å². The van der Waals surface area contributed by atoms with Crippen LogP contribution in [0.4, 0.5) is 0 Å². The highest BCUT2D eigenvalue weighted by atomic mass is 35.5. The molecule has 29 heavy (non-hydrogen) atoms. The maximum absolute atomic E-state index is 12.7. The third-order valence-corrected chi connectivity index (χ3v) is 6.60. The van der Waals surface area contributed by atoms with Crippen molar-refractivity contribution < 1.29 is 4.79 Å². The lowest BCUT2D eigenvalue weighted by Crippen LogP contribution is -2.44. The van der Waals surface area contributed by atoms with Crippen LogP contribution in [0.3, 0.4) is 0 Å². The molecule has 2 heterocycles. The molecule has 1 N–H and O–H groups in total. The topological polar surface area (TPSA) is 45.2 Å². The van der Waals surface area contributed by atoms with Crippen molar-refractivity contribution in [1.29, 1.82) is 0 Å². The number of likely N-dealkylation sites (tertiary alicyclic amines) is 1. The molecule has 4 nitrogen and oxygen atoms in total. The van der Waals surface area contributed by atoms with Crippen LogP contribution in [0.1, 0.15) is 33.6 Å². The minimum Gasteiger partial charge on any atom is -0.348 e. The van der Waals surface area contributed by atoms with Crippen LogP contribution >= 0.6 is 22.9 Å². The summed E-state index contributed by atoms with van der Waals surface area (Å²) in [5.41, 5.74) is 3.51. The molecule has 1 aliphatic rings. The number of hydrogen-bond donors (Lipinski definition) is 1. The number of amides is 1. The molecule has 150 valence electrons. The van der Waals surface area contributed by atoms with E-state index in [9.17, 15) is 4.79 Å². The fourth-order valence-electron chi connectivity index (χ4n) is 3.70. The van der Waals surface area contributed by atoms with E-state index >= 15 is 0 Å². The van der Waals surface area contributed by atoms with Crippen molar-refractivity contribution >= 4 is 28.8 Å². The van der Waals surface area contributed by atoms with Gasteiger partial charge >= 0.3 is 0 Å². The van der Waals surface area contributed by atoms with Gasteiger partial charge in [0.15, 0.2) is 0 Å². The summed E-state index contributed by atoms with van der Waals surface area (Å²) in [5.74, 6) is -0.0436. The van der Waals surface area contributed by atoms with Crippen LogP contribution in [0.5, 0.6) is 0 Å². The Hall–Kier alpha value is -2.21. The maximum atomic E-state index is 12.7. The summed E-state index contributed by atoms with van der Waals surface area (Å²) >= 11 is 7.63. The second kappa shape index (κ2) is 9.08. The van der Waals surface area contributed by atoms with Crippen LogP contribution in [-0.2, 0) is 6.54 Å². The molecular weight excluding hydrogens is 402 g/mol. The molecule has 0 aliphatic carbocycles. The van der Waals surface area contributed by atoms with Crippen LogP contribution in [0.25, 0.3) is 10.6 Å². The highest BCUT2D eigenvalue weighted by Crippen LogP contribution is 2.31. The van der Waals surface area contributed by atoms with Gasteiger partial charge in [-0.15, -0.1) is 11.3 Å². The lowest BCUT2D eigenvalue weighted by atomic mass is 10.0. The third-order valence-electron chi connectivity index (χ3n) is 5.25. The van der Waals surface area contributed by atoms with Gasteiger partial charge in [-0.05, 0) is 31.4 Å². The molecule has 1 aromatic heterocycles. The van der Waals surface area contributed by atoms with Crippen LogP contribution < -0.4 is 5.32 Å². The first-order chi connectivity index (χ1) is 14.1. The molecule has 1 aliphatic heterocycles. The van der Waals surface area contributed by atoms with Crippen molar-refractivity contribution in [3.05, 3.63) is 75.8 Å². The molecule has 1 amide bonds. The van der Waals surface area contributed by atoms with Crippen LogP contribution in [0, 0.1) is 6.92 Å². The quantitative estimate of drug-likeness (QED) is 0.613. The van der Waals surface area contributed by atoms with Gasteiger partial charge in [0.25, 0.3) is 5.91 Å². The normalized spacial score (nSPS) is 15.4. The predicted octanol–water partition coefficient (Wildman–Crippen LogP) is 5.17. The van der Waals surface area contributed by atoms with E-state index in [0.717, 1.165) is 43.0 Å². The molecule has 0 atom stereocenters. The Morgan fingerprint density at radius 2 is 2.00 bits per heavy atom. The highest BCUT2D eigenvalue weighted by molar-refractivity contribution is 7.17. The first-order valence-corrected chi connectivity index (χ1v) is 11.1. The molecular formula is C23H24ClN3OS. The zero-order chi connectivity index (χ0) is 20.2. The number of carbonyl (C=O) groups excluding carboxylic acids is 1. The summed E-state index contributed by atoms with van der Waals surface area (Å²) in [6.45, 7) is 5.08. The first-order valence-electron chi connectivity index (χ1n) is 9.88. The van der Waals surface area contributed by atoms with Crippen molar-refractivity contribution in [1.82, 2.24) is 15.2 Å². The fourth-order valence-corrected chi connectivity index (χ4v) is 4.84. The van der Waals surface area contributed by atoms with Gasteiger partial charge in [-0.2, -0.15) is 0 Å². The van der Waals surface area contributed by atoms with E-state index in [2.05, 4.69) is 46.4 Å². The number of aromatic nitrogens is 1. The number of rotatable bonds is 5. The Bertz CT molecular complexity index is 995. The molecule has 0 saturated carbocycles. The summed E-state index contributed by atoms with van der Waals surface area (Å²) < 4.78 is 0. The molecule has 4 rings (SSSR count). The molecule has 3 aromatic rings. The molecule has 0 bridgehead atoms. The van der Waals surface area contributed by atoms with E-state index in [0.29, 0.717) is 9.90 Å². The third kappa shape index (κ3) is 5.04. The number of carbonyl (C=O) groups is 1. The molecule has 1 saturated heterocycles. The van der Waals surface area contributed by atoms with Crippen molar-refractivity contribution in [3.8, 4) is 10.6 Å². The molecule has 1 fully saturated rings. The number of thiazole rings is 1. The summed E-state index contributed by atoms with van der Waals surface area (Å²) in [4.78, 5) is 20.1. The van der Waals surface area contributed by atoms with Crippen molar-refractivity contribution in [3.63, 3.8) is 0 Å². The van der Waals surface area contributed by atoms with E-state index in [-0.39, 0.29) is 11.9 Å². The number of nitrogens with zero attached hydrogens (tertiary/aromatic N) is 2. The highest BCUT2D eigenvalue weighted by Gasteiger charge is 2.22. The van der Waals surface area contributed by atoms with Gasteiger partial charge in [-0.3, -0.25) is 9.69 Å². The van der Waals surface area contributed by atoms with E-state index in [4.69, 9.17) is 11.6 Å². The first kappa shape index (κ1) is 20.1. The number of hydrogen-bond acceptors (Lipinski definition) is 4. The predicted molar refractivity (Wildman–Crippen MR) is 120 cm³/mol. The Balaban J connectivity index is 1.31. The Labute approximate surface area is 180 Å². The molecule has 0 radical (unpaired) electrons. The molecule has 0 spiro atoms. The van der Waals surface area contributed by atoms with Gasteiger partial charge in [-0.1, -0.05) is 59.6 Å². The van der Waals surface area contributed by atoms with E-state index in [1.165, 1.54) is 22.5 Å². The number of nitrogens with one attached hydrogen (secondary N) is 1. The fraction of sp³-hybridized carbons (Fsp3) is 0.304. The van der Waals surface area contributed by atoms with Crippen LogP contribution in [-0.4, -0.2) is 34.9 Å². The van der Waals surface area contributed by atoms with Crippen LogP contribution in [0.15, 0.2) is 54.7 Å². The summed E-state index contributed by atoms with van der Waals surface area (Å²) in [5, 5.41) is 4.60. The number of halogens is 1. The largest absolute Gasteiger partial charge is 0.348 e. The second-order valence-corrected chi connectivity index (χ2v) is 8.96. The number of benzene rings is 2. The maximum Gasteiger partial charge on any atom is 0.263 e. The summed E-state index contributed by atoms with van der Waals surface area (Å²) in [6.07, 6.45) is 3.58. The van der Waals surface area contributed by atoms with Gasteiger partial charge in [0.1, 0.15) is 9.88 Å². The van der Waals surface area contributed by atoms with Gasteiger partial charge in [0, 0.05) is 31.2 Å². The van der Waals surface area contributed by atoms with Gasteiger partial charge in [0.05, 0.1) is 11.2 Å². The zero-order valence-electron chi connectivity index (χ0n) is 16.4. The summed E-state index contributed by atoms with van der Waals surface area (Å²) in [7, 11) is 0. The summed E-state index contributed by atoms with van der Waals surface area (Å²) in [6, 6.07) is 16.4. The van der Waals surface area contributed by atoms with Crippen molar-refractivity contribution in [2.75, 3.05) is 13.1 Å². The van der Waals surface area contributed by atoms with E-state index < -0.39 is 0 Å². The minimum atomic E-state index is -0.0436. The minimum absolute atomic E-state index is 0.0436. The number of aryl methyl sites for hydroxylation is 1. The SMILES string of the molecule is Cc1cccc(CN2CCC(NC(=O)c3cnc(-c4ccccc4Cl)s3)CC2)c1. The van der Waals surface area contributed by atoms with Gasteiger partial charge < -0.3 is 5.32 Å². The average Bonchev–Trinajstić information content (AvgIpc) is 3.20. The Morgan fingerprint density at radius 3 is 2.76 bits per heavy atom. The lowest BCUT2D eigenvalue weighted by Gasteiger charge is -2.32. The Morgan fingerprint density at radius 1 is 1.21 bits per heavy atom. The zero-order valence-corrected chi connectivity index (χ0v) is 18.0. The lowest BCUT2D eigenvalue weighted by molar-refractivity contribution is 0.0913. The van der Waals surface area contributed by atoms with Gasteiger partial charge in [0.2, 0.25) is 0 Å². The molecule has 0 unspecified atom stereocenters. The molecule has 6 heteroatoms. The number of piperidine rings is 1. The van der Waals surface area contributed by atoms with Gasteiger partial charge in [-0.25, -0.2) is 4.98 Å². The average molecular weight is 426 g/mol. The van der Waals surface area contributed by atoms with Crippen molar-refractivity contribution in [2.45, 2.75) is 32.4 Å². The Kier molecular flexibility index (Phi) is 6.28. The smallest absolute Gasteiger partial charge is 0.263 e. The van der Waals surface area contributed by atoms with E-state index in [1.807, 2.05) is 24.3 Å². The molecule has 2 aromatic carbocycles. The standard InChI is InChI=1S/C23H24ClN3OS/c1-16-5-4-6-17(13-16)15-27-11-9-18(10-12-27)26-22(28)21-14-25-23(29-21)19-7-2-3-8-20(19)24/h2-8,13-14,18H,9-12,15H2,1H3,(H,26,28). The van der Waals surface area contributed by atoms with Crippen molar-refractivity contribution in [2.24, 2.45) is 0 Å². The second-order valence-electron chi connectivity index (χ2n) is 7.52. The van der Waals surface area contributed by atoms with E-state index in [1.54, 1.807) is 6.20 Å².